The van der Waals surface area contributed by atoms with Crippen LogP contribution in [0, 0.1) is 0 Å². The van der Waals surface area contributed by atoms with Gasteiger partial charge < -0.3 is 4.52 Å². The van der Waals surface area contributed by atoms with Crippen LogP contribution < -0.4 is 0 Å². The van der Waals surface area contributed by atoms with Crippen LogP contribution in [0.25, 0.3) is 0 Å². The van der Waals surface area contributed by atoms with Gasteiger partial charge in [-0.05, 0) is 6.92 Å². The number of carbonyl (C=O) groups excluding carboxylic acids is 1. The van der Waals surface area contributed by atoms with E-state index in [0.29, 0.717) is 0 Å². The Bertz CT molecular complexity index is 212. The van der Waals surface area contributed by atoms with Crippen molar-refractivity contribution in [1.29, 1.82) is 0 Å². The molecule has 0 amide bonds. The van der Waals surface area contributed by atoms with Crippen LogP contribution in [0.4, 0.5) is 0 Å². The average Bonchev–Trinajstić information content (AvgIpc) is 2.05. The lowest BCUT2D eigenvalue weighted by Crippen LogP contribution is -2.02. The second-order valence-corrected chi connectivity index (χ2v) is 3.36. The maximum Gasteiger partial charge on any atom is 0.532 e. The third-order valence-electron chi connectivity index (χ3n) is 0.879. The average molecular weight is 194 g/mol. The van der Waals surface area contributed by atoms with E-state index < -0.39 is 13.8 Å². The summed E-state index contributed by atoms with van der Waals surface area (Å²) in [5.74, 6) is -0.839. The molecule has 0 saturated heterocycles. The van der Waals surface area contributed by atoms with E-state index in [9.17, 15) is 9.36 Å². The molecule has 0 aromatic carbocycles. The third-order valence-corrected chi connectivity index (χ3v) is 2.30. The minimum atomic E-state index is -3.69. The molecule has 5 nitrogen and oxygen atoms in total. The molecule has 0 aliphatic heterocycles. The van der Waals surface area contributed by atoms with E-state index in [4.69, 9.17) is 0 Å². The highest BCUT2D eigenvalue weighted by Gasteiger charge is 2.27. The fraction of sp³-hybridized carbons (Fsp3) is 0.500. The number of rotatable bonds is 5. The molecule has 0 fully saturated rings. The highest BCUT2D eigenvalue weighted by atomic mass is 31.2. The Morgan fingerprint density at radius 1 is 1.67 bits per heavy atom. The molecular formula is C6H11O5P. The summed E-state index contributed by atoms with van der Waals surface area (Å²) < 4.78 is 24.5. The third kappa shape index (κ3) is 3.67. The smallest absolute Gasteiger partial charge is 0.367 e. The zero-order valence-corrected chi connectivity index (χ0v) is 7.87. The Kier molecular flexibility index (Phi) is 4.81. The van der Waals surface area contributed by atoms with E-state index in [0.717, 1.165) is 13.2 Å². The van der Waals surface area contributed by atoms with Crippen molar-refractivity contribution in [2.75, 3.05) is 13.7 Å². The van der Waals surface area contributed by atoms with E-state index in [-0.39, 0.29) is 6.61 Å². The molecule has 12 heavy (non-hydrogen) atoms. The molecule has 1 atom stereocenters. The topological polar surface area (TPSA) is 61.8 Å². The van der Waals surface area contributed by atoms with Gasteiger partial charge in [0, 0.05) is 13.2 Å². The summed E-state index contributed by atoms with van der Waals surface area (Å²) in [6, 6.07) is 0. The molecule has 0 aliphatic carbocycles. The van der Waals surface area contributed by atoms with Gasteiger partial charge in [-0.2, -0.15) is 0 Å². The SMILES string of the molecule is C=CC(=O)OP(=O)(OC)OCC. The van der Waals surface area contributed by atoms with Gasteiger partial charge in [-0.25, -0.2) is 9.36 Å². The van der Waals surface area contributed by atoms with Crippen molar-refractivity contribution in [3.05, 3.63) is 12.7 Å². The molecule has 0 spiro atoms. The van der Waals surface area contributed by atoms with Gasteiger partial charge in [0.05, 0.1) is 6.61 Å². The number of carbonyl (C=O) groups is 1. The molecule has 0 heterocycles. The van der Waals surface area contributed by atoms with Crippen molar-refractivity contribution in [3.8, 4) is 0 Å². The monoisotopic (exact) mass is 194 g/mol. The maximum absolute atomic E-state index is 11.2. The Labute approximate surface area is 70.9 Å². The summed E-state index contributed by atoms with van der Waals surface area (Å²) in [5, 5.41) is 0. The lowest BCUT2D eigenvalue weighted by molar-refractivity contribution is -0.130. The zero-order valence-electron chi connectivity index (χ0n) is 6.98. The molecule has 6 heteroatoms. The maximum atomic E-state index is 11.2. The number of phosphoric ester groups is 1. The Morgan fingerprint density at radius 2 is 2.25 bits per heavy atom. The van der Waals surface area contributed by atoms with Crippen molar-refractivity contribution in [3.63, 3.8) is 0 Å². The molecule has 0 saturated carbocycles. The first kappa shape index (κ1) is 11.4. The van der Waals surface area contributed by atoms with Crippen molar-refractivity contribution in [1.82, 2.24) is 0 Å². The zero-order chi connectivity index (χ0) is 9.61. The Balaban J connectivity index is 4.23. The lowest BCUT2D eigenvalue weighted by Gasteiger charge is -2.12. The first-order chi connectivity index (χ1) is 5.58. The Morgan fingerprint density at radius 3 is 2.58 bits per heavy atom. The van der Waals surface area contributed by atoms with Gasteiger partial charge in [-0.15, -0.1) is 0 Å². The number of phosphoric acid groups is 1. The van der Waals surface area contributed by atoms with E-state index in [1.54, 1.807) is 6.92 Å². The van der Waals surface area contributed by atoms with Crippen molar-refractivity contribution in [2.45, 2.75) is 6.92 Å². The van der Waals surface area contributed by atoms with Crippen LogP contribution in [0.2, 0.25) is 0 Å². The van der Waals surface area contributed by atoms with Crippen LogP contribution in [0.3, 0.4) is 0 Å². The van der Waals surface area contributed by atoms with Crippen LogP contribution in [-0.4, -0.2) is 19.7 Å². The minimum Gasteiger partial charge on any atom is -0.367 e. The number of hydrogen-bond donors (Lipinski definition) is 0. The van der Waals surface area contributed by atoms with Gasteiger partial charge in [0.2, 0.25) is 0 Å². The van der Waals surface area contributed by atoms with Gasteiger partial charge in [-0.1, -0.05) is 6.58 Å². The molecule has 0 N–H and O–H groups in total. The van der Waals surface area contributed by atoms with Crippen molar-refractivity contribution < 1.29 is 22.9 Å². The molecule has 70 valence electrons. The van der Waals surface area contributed by atoms with E-state index in [2.05, 4.69) is 20.2 Å². The van der Waals surface area contributed by atoms with E-state index in [1.165, 1.54) is 0 Å². The molecule has 0 radical (unpaired) electrons. The first-order valence-electron chi connectivity index (χ1n) is 3.24. The summed E-state index contributed by atoms with van der Waals surface area (Å²) >= 11 is 0. The first-order valence-corrected chi connectivity index (χ1v) is 4.70. The summed E-state index contributed by atoms with van der Waals surface area (Å²) in [6.45, 7) is 4.87. The number of hydrogen-bond acceptors (Lipinski definition) is 5. The second kappa shape index (κ2) is 5.09. The fourth-order valence-corrected chi connectivity index (χ4v) is 1.27. The van der Waals surface area contributed by atoms with Crippen LogP contribution >= 0.6 is 7.82 Å². The van der Waals surface area contributed by atoms with Crippen LogP contribution in [0.15, 0.2) is 12.7 Å². The quantitative estimate of drug-likeness (QED) is 0.490. The summed E-state index contributed by atoms with van der Waals surface area (Å²) in [6.07, 6.45) is 0.880. The van der Waals surface area contributed by atoms with E-state index >= 15 is 0 Å². The molecule has 0 aromatic rings. The van der Waals surface area contributed by atoms with Crippen LogP contribution in [0.1, 0.15) is 6.92 Å². The minimum absolute atomic E-state index is 0.134. The van der Waals surface area contributed by atoms with Gasteiger partial charge in [0.1, 0.15) is 0 Å². The highest BCUT2D eigenvalue weighted by molar-refractivity contribution is 7.49. The fourth-order valence-electron chi connectivity index (χ4n) is 0.422. The van der Waals surface area contributed by atoms with Crippen molar-refractivity contribution in [2.24, 2.45) is 0 Å². The summed E-state index contributed by atoms with van der Waals surface area (Å²) in [4.78, 5) is 10.6. The molecule has 0 rings (SSSR count). The van der Waals surface area contributed by atoms with Gasteiger partial charge >= 0.3 is 13.8 Å². The van der Waals surface area contributed by atoms with Crippen LogP contribution in [0.5, 0.6) is 0 Å². The molecule has 0 aromatic heterocycles. The molecule has 1 unspecified atom stereocenters. The predicted octanol–water partition coefficient (Wildman–Crippen LogP) is 1.51. The normalized spacial score (nSPS) is 14.8. The summed E-state index contributed by atoms with van der Waals surface area (Å²) in [7, 11) is -2.56. The highest BCUT2D eigenvalue weighted by Crippen LogP contribution is 2.48. The second-order valence-electron chi connectivity index (χ2n) is 1.66. The van der Waals surface area contributed by atoms with Gasteiger partial charge in [-0.3, -0.25) is 9.05 Å². The lowest BCUT2D eigenvalue weighted by atomic mass is 10.7. The predicted molar refractivity (Wildman–Crippen MR) is 42.5 cm³/mol. The van der Waals surface area contributed by atoms with Gasteiger partial charge in [0.25, 0.3) is 0 Å². The largest absolute Gasteiger partial charge is 0.532 e. The Hall–Kier alpha value is -0.640. The molecule has 0 aliphatic rings. The van der Waals surface area contributed by atoms with Crippen LogP contribution in [-0.2, 0) is 22.9 Å². The summed E-state index contributed by atoms with van der Waals surface area (Å²) in [5.41, 5.74) is 0. The standard InChI is InChI=1S/C6H11O5P/c1-4-6(7)11-12(8,9-3)10-5-2/h4H,1,5H2,2-3H3. The van der Waals surface area contributed by atoms with E-state index in [1.807, 2.05) is 0 Å². The molecular weight excluding hydrogens is 183 g/mol. The van der Waals surface area contributed by atoms with Gasteiger partial charge in [0.15, 0.2) is 0 Å². The van der Waals surface area contributed by atoms with Crippen molar-refractivity contribution >= 4 is 13.8 Å². The molecule has 0 bridgehead atoms.